The van der Waals surface area contributed by atoms with Crippen LogP contribution in [0.1, 0.15) is 62.1 Å². The van der Waals surface area contributed by atoms with Crippen LogP contribution in [0.5, 0.6) is 0 Å². The molecule has 3 N–H and O–H groups in total. The van der Waals surface area contributed by atoms with Gasteiger partial charge in [0.05, 0.1) is 12.4 Å². The highest BCUT2D eigenvalue weighted by molar-refractivity contribution is 5.92. The third kappa shape index (κ3) is 4.35. The Morgan fingerprint density at radius 3 is 2.79 bits per heavy atom. The molecule has 1 spiro atoms. The average molecular weight is 391 g/mol. The number of carbonyl (C=O) groups excluding carboxylic acids is 1. The first-order chi connectivity index (χ1) is 13.6. The summed E-state index contributed by atoms with van der Waals surface area (Å²) >= 11 is 0. The molecule has 2 unspecified atom stereocenters. The number of guanidine groups is 1. The molecule has 3 rings (SSSR count). The summed E-state index contributed by atoms with van der Waals surface area (Å²) < 4.78 is 11.1. The van der Waals surface area contributed by atoms with Gasteiger partial charge < -0.3 is 25.1 Å². The van der Waals surface area contributed by atoms with E-state index < -0.39 is 0 Å². The Balaban J connectivity index is 1.43. The van der Waals surface area contributed by atoms with E-state index in [4.69, 9.17) is 9.15 Å². The maximum absolute atomic E-state index is 12.0. The van der Waals surface area contributed by atoms with Gasteiger partial charge in [-0.3, -0.25) is 9.79 Å². The summed E-state index contributed by atoms with van der Waals surface area (Å²) in [5.74, 6) is 1.08. The lowest BCUT2D eigenvalue weighted by atomic mass is 9.51. The van der Waals surface area contributed by atoms with Gasteiger partial charge in [0.1, 0.15) is 0 Å². The predicted molar refractivity (Wildman–Crippen MR) is 110 cm³/mol. The molecule has 1 heterocycles. The minimum atomic E-state index is -0.167. The van der Waals surface area contributed by atoms with Crippen molar-refractivity contribution in [1.82, 2.24) is 16.0 Å². The molecule has 0 aromatic carbocycles. The highest BCUT2D eigenvalue weighted by Gasteiger charge is 2.59. The standard InChI is InChI=1S/C21H34N4O3/c1-4-22-20(25-16-14-17(27-5-2)21(16)9-6-10-21)24-12-7-11-23-19(26)18-15(3)8-13-28-18/h8,13,16-17H,4-7,9-12,14H2,1-3H3,(H,23,26)(H2,22,24,25). The molecule has 7 nitrogen and oxygen atoms in total. The quantitative estimate of drug-likeness (QED) is 0.343. The third-order valence-electron chi connectivity index (χ3n) is 6.05. The molecule has 1 aromatic heterocycles. The lowest BCUT2D eigenvalue weighted by molar-refractivity contribution is -0.168. The van der Waals surface area contributed by atoms with E-state index in [1.807, 2.05) is 6.92 Å². The van der Waals surface area contributed by atoms with Gasteiger partial charge in [-0.25, -0.2) is 0 Å². The van der Waals surface area contributed by atoms with E-state index in [2.05, 4.69) is 34.8 Å². The second-order valence-electron chi connectivity index (χ2n) is 7.77. The smallest absolute Gasteiger partial charge is 0.287 e. The zero-order chi connectivity index (χ0) is 20.0. The number of rotatable bonds is 9. The first-order valence-corrected chi connectivity index (χ1v) is 10.6. The van der Waals surface area contributed by atoms with Crippen molar-refractivity contribution in [3.05, 3.63) is 23.7 Å². The summed E-state index contributed by atoms with van der Waals surface area (Å²) in [5, 5.41) is 9.85. The molecule has 1 aromatic rings. The van der Waals surface area contributed by atoms with Crippen LogP contribution in [0.15, 0.2) is 21.7 Å². The minimum absolute atomic E-state index is 0.167. The van der Waals surface area contributed by atoms with Gasteiger partial charge in [0, 0.05) is 43.3 Å². The van der Waals surface area contributed by atoms with Gasteiger partial charge in [-0.05, 0) is 52.5 Å². The van der Waals surface area contributed by atoms with Crippen molar-refractivity contribution >= 4 is 11.9 Å². The zero-order valence-corrected chi connectivity index (χ0v) is 17.3. The number of nitrogens with zero attached hydrogens (tertiary/aromatic N) is 1. The van der Waals surface area contributed by atoms with Gasteiger partial charge in [0.15, 0.2) is 11.7 Å². The van der Waals surface area contributed by atoms with Crippen LogP contribution in [0, 0.1) is 12.3 Å². The zero-order valence-electron chi connectivity index (χ0n) is 17.3. The van der Waals surface area contributed by atoms with Gasteiger partial charge in [0.25, 0.3) is 5.91 Å². The Labute approximate surface area is 167 Å². The SMILES string of the molecule is CCNC(=NCCCNC(=O)c1occc1C)NC1CC(OCC)C12CCC2. The van der Waals surface area contributed by atoms with E-state index in [0.29, 0.717) is 36.4 Å². The first-order valence-electron chi connectivity index (χ1n) is 10.6. The fourth-order valence-corrected chi connectivity index (χ4v) is 4.28. The van der Waals surface area contributed by atoms with Crippen molar-refractivity contribution in [3.63, 3.8) is 0 Å². The molecule has 2 atom stereocenters. The fraction of sp³-hybridized carbons (Fsp3) is 0.714. The molecule has 2 aliphatic carbocycles. The topological polar surface area (TPSA) is 87.9 Å². The molecular weight excluding hydrogens is 356 g/mol. The molecule has 2 saturated carbocycles. The second kappa shape index (κ2) is 9.45. The van der Waals surface area contributed by atoms with Crippen LogP contribution in [0.4, 0.5) is 0 Å². The van der Waals surface area contributed by atoms with Crippen molar-refractivity contribution in [2.75, 3.05) is 26.2 Å². The van der Waals surface area contributed by atoms with Gasteiger partial charge in [-0.15, -0.1) is 0 Å². The highest BCUT2D eigenvalue weighted by Crippen LogP contribution is 2.57. The lowest BCUT2D eigenvalue weighted by Gasteiger charge is -2.61. The average Bonchev–Trinajstić information content (AvgIpc) is 3.04. The summed E-state index contributed by atoms with van der Waals surface area (Å²) in [5.41, 5.74) is 1.16. The summed E-state index contributed by atoms with van der Waals surface area (Å²) in [6, 6.07) is 2.23. The molecule has 0 saturated heterocycles. The van der Waals surface area contributed by atoms with Crippen LogP contribution in [0.3, 0.4) is 0 Å². The number of aryl methyl sites for hydroxylation is 1. The normalized spacial score (nSPS) is 23.0. The summed E-state index contributed by atoms with van der Waals surface area (Å²) in [4.78, 5) is 16.7. The van der Waals surface area contributed by atoms with E-state index in [1.165, 1.54) is 25.5 Å². The lowest BCUT2D eigenvalue weighted by Crippen LogP contribution is -2.68. The van der Waals surface area contributed by atoms with Crippen molar-refractivity contribution in [2.24, 2.45) is 10.4 Å². The number of furan rings is 1. The molecule has 7 heteroatoms. The molecule has 2 aliphatic rings. The van der Waals surface area contributed by atoms with Crippen molar-refractivity contribution in [2.45, 2.75) is 65.0 Å². The summed E-state index contributed by atoms with van der Waals surface area (Å²) in [7, 11) is 0. The van der Waals surface area contributed by atoms with Crippen LogP contribution in [0.2, 0.25) is 0 Å². The van der Waals surface area contributed by atoms with Crippen LogP contribution in [-0.2, 0) is 4.74 Å². The maximum atomic E-state index is 12.0. The number of hydrogen-bond donors (Lipinski definition) is 3. The molecule has 156 valence electrons. The van der Waals surface area contributed by atoms with Gasteiger partial charge in [0.2, 0.25) is 0 Å². The first kappa shape index (κ1) is 20.7. The minimum Gasteiger partial charge on any atom is -0.459 e. The monoisotopic (exact) mass is 390 g/mol. The maximum Gasteiger partial charge on any atom is 0.287 e. The molecule has 0 aliphatic heterocycles. The number of aliphatic imine (C=N–C) groups is 1. The predicted octanol–water partition coefficient (Wildman–Crippen LogP) is 2.61. The Hall–Kier alpha value is -2.02. The van der Waals surface area contributed by atoms with Crippen molar-refractivity contribution < 1.29 is 13.9 Å². The van der Waals surface area contributed by atoms with Crippen molar-refractivity contribution in [1.29, 1.82) is 0 Å². The molecule has 0 bridgehead atoms. The third-order valence-corrected chi connectivity index (χ3v) is 6.05. The molecule has 2 fully saturated rings. The Kier molecular flexibility index (Phi) is 6.99. The molecule has 0 radical (unpaired) electrons. The van der Waals surface area contributed by atoms with E-state index in [9.17, 15) is 4.79 Å². The van der Waals surface area contributed by atoms with Gasteiger partial charge in [-0.2, -0.15) is 0 Å². The Morgan fingerprint density at radius 1 is 1.36 bits per heavy atom. The van der Waals surface area contributed by atoms with E-state index >= 15 is 0 Å². The number of ether oxygens (including phenoxy) is 1. The van der Waals surface area contributed by atoms with Crippen molar-refractivity contribution in [3.8, 4) is 0 Å². The number of hydrogen-bond acceptors (Lipinski definition) is 4. The Bertz CT molecular complexity index is 681. The van der Waals surface area contributed by atoms with Crippen LogP contribution < -0.4 is 16.0 Å². The van der Waals surface area contributed by atoms with E-state index in [0.717, 1.165) is 37.5 Å². The fourth-order valence-electron chi connectivity index (χ4n) is 4.28. The summed E-state index contributed by atoms with van der Waals surface area (Å²) in [6.45, 7) is 8.85. The highest BCUT2D eigenvalue weighted by atomic mass is 16.5. The number of nitrogens with one attached hydrogen (secondary N) is 3. The number of amides is 1. The van der Waals surface area contributed by atoms with E-state index in [-0.39, 0.29) is 5.91 Å². The Morgan fingerprint density at radius 2 is 2.18 bits per heavy atom. The molecule has 28 heavy (non-hydrogen) atoms. The van der Waals surface area contributed by atoms with E-state index in [1.54, 1.807) is 6.07 Å². The largest absolute Gasteiger partial charge is 0.459 e. The van der Waals surface area contributed by atoms with Gasteiger partial charge in [-0.1, -0.05) is 6.42 Å². The number of carbonyl (C=O) groups is 1. The van der Waals surface area contributed by atoms with Crippen LogP contribution >= 0.6 is 0 Å². The molecule has 1 amide bonds. The second-order valence-corrected chi connectivity index (χ2v) is 7.77. The van der Waals surface area contributed by atoms with Crippen LogP contribution in [-0.4, -0.2) is 50.3 Å². The molecular formula is C21H34N4O3. The van der Waals surface area contributed by atoms with Crippen LogP contribution in [0.25, 0.3) is 0 Å². The summed E-state index contributed by atoms with van der Waals surface area (Å²) in [6.07, 6.45) is 7.54. The van der Waals surface area contributed by atoms with Gasteiger partial charge >= 0.3 is 0 Å².